The highest BCUT2D eigenvalue weighted by atomic mass is 127. The summed E-state index contributed by atoms with van der Waals surface area (Å²) < 4.78 is 0.954. The van der Waals surface area contributed by atoms with Gasteiger partial charge in [0.1, 0.15) is 0 Å². The summed E-state index contributed by atoms with van der Waals surface area (Å²) in [7, 11) is 0. The van der Waals surface area contributed by atoms with Crippen molar-refractivity contribution >= 4 is 39.4 Å². The van der Waals surface area contributed by atoms with Crippen LogP contribution in [0.4, 0.5) is 0 Å². The molecule has 0 aromatic heterocycles. The van der Waals surface area contributed by atoms with E-state index in [0.717, 1.165) is 9.13 Å². The van der Waals surface area contributed by atoms with Crippen molar-refractivity contribution in [3.8, 4) is 6.07 Å². The molecular formula is C9H5ClINO. The van der Waals surface area contributed by atoms with E-state index in [4.69, 9.17) is 16.9 Å². The average Bonchev–Trinajstić information content (AvgIpc) is 2.08. The summed E-state index contributed by atoms with van der Waals surface area (Å²) in [4.78, 5) is 10.9. The molecule has 0 N–H and O–H groups in total. The summed E-state index contributed by atoms with van der Waals surface area (Å²) in [5.41, 5.74) is 1.56. The summed E-state index contributed by atoms with van der Waals surface area (Å²) in [6, 6.07) is 5.23. The Morgan fingerprint density at radius 1 is 1.62 bits per heavy atom. The predicted molar refractivity (Wildman–Crippen MR) is 58.8 cm³/mol. The lowest BCUT2D eigenvalue weighted by Crippen LogP contribution is -1.96. The Kier molecular flexibility index (Phi) is 3.28. The minimum Gasteiger partial charge on any atom is -0.276 e. The number of carbonyl (C=O) groups excluding carboxylic acids is 1. The number of halogens is 2. The lowest BCUT2D eigenvalue weighted by Gasteiger charge is -2.02. The highest BCUT2D eigenvalue weighted by Gasteiger charge is 2.10. The molecule has 0 aliphatic carbocycles. The Morgan fingerprint density at radius 2 is 2.23 bits per heavy atom. The molecule has 13 heavy (non-hydrogen) atoms. The van der Waals surface area contributed by atoms with Crippen LogP contribution in [0, 0.1) is 21.8 Å². The molecule has 0 unspecified atom stereocenters. The molecule has 0 saturated carbocycles. The molecule has 4 heteroatoms. The van der Waals surface area contributed by atoms with Crippen LogP contribution in [0.3, 0.4) is 0 Å². The molecule has 1 aromatic rings. The van der Waals surface area contributed by atoms with E-state index in [1.54, 1.807) is 12.1 Å². The molecule has 0 aliphatic rings. The maximum Gasteiger partial charge on any atom is 0.253 e. The zero-order chi connectivity index (χ0) is 10.0. The van der Waals surface area contributed by atoms with Crippen LogP contribution in [-0.2, 0) is 0 Å². The molecule has 1 aromatic carbocycles. The van der Waals surface area contributed by atoms with Crippen LogP contribution in [-0.4, -0.2) is 5.24 Å². The van der Waals surface area contributed by atoms with Gasteiger partial charge in [-0.15, -0.1) is 0 Å². The Labute approximate surface area is 94.6 Å². The number of carbonyl (C=O) groups is 1. The summed E-state index contributed by atoms with van der Waals surface area (Å²) in [5, 5.41) is 8.13. The number of nitrogens with zero attached hydrogens (tertiary/aromatic N) is 1. The van der Waals surface area contributed by atoms with Crippen LogP contribution in [0.25, 0.3) is 0 Å². The molecule has 0 heterocycles. The van der Waals surface area contributed by atoms with Gasteiger partial charge < -0.3 is 0 Å². The molecule has 0 saturated heterocycles. The quantitative estimate of drug-likeness (QED) is 0.591. The first-order chi connectivity index (χ1) is 6.06. The van der Waals surface area contributed by atoms with Crippen molar-refractivity contribution in [2.45, 2.75) is 6.92 Å². The normalized spacial score (nSPS) is 9.38. The first kappa shape index (κ1) is 10.5. The summed E-state index contributed by atoms with van der Waals surface area (Å²) >= 11 is 7.43. The molecule has 1 rings (SSSR count). The van der Waals surface area contributed by atoms with Gasteiger partial charge in [-0.2, -0.15) is 5.26 Å². The smallest absolute Gasteiger partial charge is 0.253 e. The molecule has 2 nitrogen and oxygen atoms in total. The molecule has 0 radical (unpaired) electrons. The SMILES string of the molecule is Cc1cc(C(=O)Cl)c(C#N)cc1I. The van der Waals surface area contributed by atoms with Crippen LogP contribution in [0.15, 0.2) is 12.1 Å². The van der Waals surface area contributed by atoms with Gasteiger partial charge in [-0.25, -0.2) is 0 Å². The largest absolute Gasteiger partial charge is 0.276 e. The van der Waals surface area contributed by atoms with E-state index in [1.165, 1.54) is 0 Å². The lowest BCUT2D eigenvalue weighted by molar-refractivity contribution is 0.108. The Balaban J connectivity index is 3.44. The minimum atomic E-state index is -0.587. The lowest BCUT2D eigenvalue weighted by atomic mass is 10.1. The van der Waals surface area contributed by atoms with Crippen molar-refractivity contribution in [1.29, 1.82) is 5.26 Å². The third-order valence-electron chi connectivity index (χ3n) is 1.63. The van der Waals surface area contributed by atoms with Gasteiger partial charge in [-0.3, -0.25) is 4.79 Å². The van der Waals surface area contributed by atoms with Gasteiger partial charge in [0.25, 0.3) is 5.24 Å². The maximum atomic E-state index is 10.9. The molecule has 0 atom stereocenters. The Morgan fingerprint density at radius 3 is 2.69 bits per heavy atom. The van der Waals surface area contributed by atoms with E-state index in [9.17, 15) is 4.79 Å². The van der Waals surface area contributed by atoms with Gasteiger partial charge in [0.2, 0.25) is 0 Å². The van der Waals surface area contributed by atoms with Crippen LogP contribution in [0.1, 0.15) is 21.5 Å². The zero-order valence-electron chi connectivity index (χ0n) is 6.77. The molecule has 0 bridgehead atoms. The van der Waals surface area contributed by atoms with E-state index < -0.39 is 5.24 Å². The van der Waals surface area contributed by atoms with Gasteiger partial charge in [-0.05, 0) is 58.8 Å². The van der Waals surface area contributed by atoms with Crippen molar-refractivity contribution in [3.05, 3.63) is 32.4 Å². The summed E-state index contributed by atoms with van der Waals surface area (Å²) in [6.07, 6.45) is 0. The van der Waals surface area contributed by atoms with Gasteiger partial charge in [0.15, 0.2) is 0 Å². The van der Waals surface area contributed by atoms with Crippen molar-refractivity contribution in [2.75, 3.05) is 0 Å². The van der Waals surface area contributed by atoms with Crippen LogP contribution >= 0.6 is 34.2 Å². The third kappa shape index (κ3) is 2.20. The average molecular weight is 306 g/mol. The van der Waals surface area contributed by atoms with Gasteiger partial charge >= 0.3 is 0 Å². The van der Waals surface area contributed by atoms with E-state index >= 15 is 0 Å². The highest BCUT2D eigenvalue weighted by molar-refractivity contribution is 14.1. The van der Waals surface area contributed by atoms with Gasteiger partial charge in [0.05, 0.1) is 17.2 Å². The van der Waals surface area contributed by atoms with Crippen LogP contribution in [0.2, 0.25) is 0 Å². The number of rotatable bonds is 1. The van der Waals surface area contributed by atoms with Crippen molar-refractivity contribution in [3.63, 3.8) is 0 Å². The van der Waals surface area contributed by atoms with Crippen molar-refractivity contribution in [1.82, 2.24) is 0 Å². The Bertz CT molecular complexity index is 409. The fourth-order valence-corrected chi connectivity index (χ4v) is 1.56. The topological polar surface area (TPSA) is 40.9 Å². The number of nitriles is 1. The summed E-state index contributed by atoms with van der Waals surface area (Å²) in [6.45, 7) is 1.87. The number of hydrogen-bond acceptors (Lipinski definition) is 2. The second-order valence-electron chi connectivity index (χ2n) is 2.53. The number of aryl methyl sites for hydroxylation is 1. The van der Waals surface area contributed by atoms with Crippen molar-refractivity contribution in [2.24, 2.45) is 0 Å². The predicted octanol–water partition coefficient (Wildman–Crippen LogP) is 2.85. The summed E-state index contributed by atoms with van der Waals surface area (Å²) in [5.74, 6) is 0. The second kappa shape index (κ2) is 4.07. The first-order valence-electron chi connectivity index (χ1n) is 3.46. The standard InChI is InChI=1S/C9H5ClINO/c1-5-2-7(9(10)13)6(4-12)3-8(5)11/h2-3H,1H3. The zero-order valence-corrected chi connectivity index (χ0v) is 9.68. The third-order valence-corrected chi connectivity index (χ3v) is 3.00. The number of benzene rings is 1. The van der Waals surface area contributed by atoms with E-state index in [2.05, 4.69) is 22.6 Å². The molecule has 0 amide bonds. The Hall–Kier alpha value is -0.600. The van der Waals surface area contributed by atoms with Crippen molar-refractivity contribution < 1.29 is 4.79 Å². The number of hydrogen-bond donors (Lipinski definition) is 0. The fourth-order valence-electron chi connectivity index (χ4n) is 0.937. The van der Waals surface area contributed by atoms with Gasteiger partial charge in [0, 0.05) is 3.57 Å². The first-order valence-corrected chi connectivity index (χ1v) is 4.92. The maximum absolute atomic E-state index is 10.9. The molecular weight excluding hydrogens is 300 g/mol. The second-order valence-corrected chi connectivity index (χ2v) is 4.04. The monoisotopic (exact) mass is 305 g/mol. The van der Waals surface area contributed by atoms with Gasteiger partial charge in [-0.1, -0.05) is 0 Å². The molecule has 0 aliphatic heterocycles. The van der Waals surface area contributed by atoms with Crippen LogP contribution < -0.4 is 0 Å². The minimum absolute atomic E-state index is 0.280. The van der Waals surface area contributed by atoms with E-state index in [0.29, 0.717) is 5.56 Å². The molecule has 66 valence electrons. The molecule has 0 fully saturated rings. The van der Waals surface area contributed by atoms with Crippen LogP contribution in [0.5, 0.6) is 0 Å². The van der Waals surface area contributed by atoms with E-state index in [1.807, 2.05) is 13.0 Å². The van der Waals surface area contributed by atoms with E-state index in [-0.39, 0.29) is 5.56 Å². The molecule has 0 spiro atoms. The highest BCUT2D eigenvalue weighted by Crippen LogP contribution is 2.19. The fraction of sp³-hybridized carbons (Fsp3) is 0.111.